The van der Waals surface area contributed by atoms with E-state index in [0.29, 0.717) is 43.3 Å². The summed E-state index contributed by atoms with van der Waals surface area (Å²) in [6.45, 7) is 5.34. The first kappa shape index (κ1) is 22.5. The number of rotatable bonds is 7. The van der Waals surface area contributed by atoms with Crippen LogP contribution in [0.15, 0.2) is 48.5 Å². The van der Waals surface area contributed by atoms with Gasteiger partial charge in [0.1, 0.15) is 5.75 Å². The van der Waals surface area contributed by atoms with Crippen LogP contribution < -0.4 is 10.1 Å². The highest BCUT2D eigenvalue weighted by Gasteiger charge is 2.24. The van der Waals surface area contributed by atoms with E-state index in [1.165, 1.54) is 18.1 Å². The number of carbonyl (C=O) groups excluding carboxylic acids is 3. The van der Waals surface area contributed by atoms with Crippen LogP contribution in [0.25, 0.3) is 0 Å². The second-order valence-electron chi connectivity index (χ2n) is 8.15. The van der Waals surface area contributed by atoms with Crippen molar-refractivity contribution in [3.05, 3.63) is 65.2 Å². The number of nitrogens with one attached hydrogen (secondary N) is 1. The molecule has 1 aliphatic rings. The summed E-state index contributed by atoms with van der Waals surface area (Å²) < 4.78 is 5.07. The first-order chi connectivity index (χ1) is 14.9. The largest absolute Gasteiger partial charge is 0.427 e. The minimum atomic E-state index is -0.411. The summed E-state index contributed by atoms with van der Waals surface area (Å²) in [6.07, 6.45) is 2.94. The molecule has 1 heterocycles. The number of carbonyl (C=O) groups is 3. The van der Waals surface area contributed by atoms with Gasteiger partial charge in [-0.15, -0.1) is 0 Å². The molecular weight excluding hydrogens is 392 g/mol. The van der Waals surface area contributed by atoms with Gasteiger partial charge in [0.2, 0.25) is 5.91 Å². The molecule has 0 saturated carbocycles. The third kappa shape index (κ3) is 6.95. The molecule has 31 heavy (non-hydrogen) atoms. The molecule has 6 heteroatoms. The van der Waals surface area contributed by atoms with E-state index in [0.717, 1.165) is 19.3 Å². The number of aryl methyl sites for hydroxylation is 2. The molecule has 0 aliphatic carbocycles. The molecule has 0 unspecified atom stereocenters. The van der Waals surface area contributed by atoms with Crippen molar-refractivity contribution in [3.8, 4) is 5.75 Å². The molecule has 0 atom stereocenters. The molecule has 1 N–H and O–H groups in total. The van der Waals surface area contributed by atoms with E-state index < -0.39 is 5.97 Å². The Morgan fingerprint density at radius 2 is 1.77 bits per heavy atom. The van der Waals surface area contributed by atoms with Crippen molar-refractivity contribution in [2.24, 2.45) is 5.92 Å². The molecule has 0 spiro atoms. The lowest BCUT2D eigenvalue weighted by atomic mass is 9.96. The standard InChI is InChI=1S/C25H30N2O4/c1-18-6-8-20(9-7-18)10-11-24(29)26-17-21-12-14-27(15-13-21)25(30)22-4-3-5-23(16-22)31-19(2)28/h3-9,16,21H,10-15,17H2,1-2H3,(H,26,29). The molecule has 1 aliphatic heterocycles. The molecule has 6 nitrogen and oxygen atoms in total. The Morgan fingerprint density at radius 3 is 2.45 bits per heavy atom. The SMILES string of the molecule is CC(=O)Oc1cccc(C(=O)N2CCC(CNC(=O)CCc3ccc(C)cc3)CC2)c1. The van der Waals surface area contributed by atoms with Crippen LogP contribution >= 0.6 is 0 Å². The smallest absolute Gasteiger partial charge is 0.308 e. The molecule has 2 aromatic rings. The lowest BCUT2D eigenvalue weighted by molar-refractivity contribution is -0.131. The summed E-state index contributed by atoms with van der Waals surface area (Å²) in [7, 11) is 0. The predicted molar refractivity (Wildman–Crippen MR) is 119 cm³/mol. The van der Waals surface area contributed by atoms with Gasteiger partial charge in [-0.25, -0.2) is 0 Å². The van der Waals surface area contributed by atoms with Gasteiger partial charge in [-0.05, 0) is 55.9 Å². The Hall–Kier alpha value is -3.15. The fraction of sp³-hybridized carbons (Fsp3) is 0.400. The first-order valence-electron chi connectivity index (χ1n) is 10.8. The maximum absolute atomic E-state index is 12.8. The van der Waals surface area contributed by atoms with Gasteiger partial charge in [-0.2, -0.15) is 0 Å². The van der Waals surface area contributed by atoms with Gasteiger partial charge in [0.05, 0.1) is 0 Å². The molecule has 0 bridgehead atoms. The molecule has 1 fully saturated rings. The first-order valence-corrected chi connectivity index (χ1v) is 10.8. The van der Waals surface area contributed by atoms with Gasteiger partial charge in [0, 0.05) is 38.5 Å². The lowest BCUT2D eigenvalue weighted by Gasteiger charge is -2.32. The van der Waals surface area contributed by atoms with E-state index >= 15 is 0 Å². The van der Waals surface area contributed by atoms with Crippen molar-refractivity contribution < 1.29 is 19.1 Å². The quantitative estimate of drug-likeness (QED) is 0.547. The molecule has 3 rings (SSSR count). The maximum atomic E-state index is 12.8. The van der Waals surface area contributed by atoms with Crippen molar-refractivity contribution in [2.75, 3.05) is 19.6 Å². The second-order valence-corrected chi connectivity index (χ2v) is 8.15. The average molecular weight is 423 g/mol. The van der Waals surface area contributed by atoms with Crippen molar-refractivity contribution >= 4 is 17.8 Å². The highest BCUT2D eigenvalue weighted by Crippen LogP contribution is 2.21. The van der Waals surface area contributed by atoms with E-state index in [1.807, 2.05) is 4.90 Å². The highest BCUT2D eigenvalue weighted by molar-refractivity contribution is 5.94. The van der Waals surface area contributed by atoms with Gasteiger partial charge >= 0.3 is 5.97 Å². The number of ether oxygens (including phenoxy) is 1. The van der Waals surface area contributed by atoms with E-state index in [9.17, 15) is 14.4 Å². The van der Waals surface area contributed by atoms with Crippen LogP contribution in [0.5, 0.6) is 5.75 Å². The van der Waals surface area contributed by atoms with Crippen molar-refractivity contribution in [2.45, 2.75) is 39.5 Å². The third-order valence-corrected chi connectivity index (χ3v) is 5.59. The summed E-state index contributed by atoms with van der Waals surface area (Å²) in [5.41, 5.74) is 2.90. The Morgan fingerprint density at radius 1 is 1.06 bits per heavy atom. The lowest BCUT2D eigenvalue weighted by Crippen LogP contribution is -2.41. The predicted octanol–water partition coefficient (Wildman–Crippen LogP) is 3.52. The van der Waals surface area contributed by atoms with Gasteiger partial charge < -0.3 is 15.0 Å². The van der Waals surface area contributed by atoms with Crippen LogP contribution in [0.2, 0.25) is 0 Å². The molecule has 164 valence electrons. The number of nitrogens with zero attached hydrogens (tertiary/aromatic N) is 1. The topological polar surface area (TPSA) is 75.7 Å². The van der Waals surface area contributed by atoms with Gasteiger partial charge in [0.25, 0.3) is 5.91 Å². The van der Waals surface area contributed by atoms with Gasteiger partial charge in [0.15, 0.2) is 0 Å². The van der Waals surface area contributed by atoms with Crippen LogP contribution in [-0.2, 0) is 16.0 Å². The molecule has 0 aromatic heterocycles. The molecule has 2 aromatic carbocycles. The molecular formula is C25H30N2O4. The van der Waals surface area contributed by atoms with Crippen LogP contribution in [0, 0.1) is 12.8 Å². The zero-order chi connectivity index (χ0) is 22.2. The van der Waals surface area contributed by atoms with Crippen LogP contribution in [0.4, 0.5) is 0 Å². The Kier molecular flexibility index (Phi) is 7.82. The highest BCUT2D eigenvalue weighted by atomic mass is 16.5. The average Bonchev–Trinajstić information content (AvgIpc) is 2.77. The Balaban J connectivity index is 1.40. The molecule has 1 saturated heterocycles. The number of likely N-dealkylation sites (tertiary alicyclic amines) is 1. The molecule has 2 amide bonds. The summed E-state index contributed by atoms with van der Waals surface area (Å²) in [6, 6.07) is 15.0. The minimum Gasteiger partial charge on any atom is -0.427 e. The van der Waals surface area contributed by atoms with Crippen molar-refractivity contribution in [1.29, 1.82) is 0 Å². The fourth-order valence-corrected chi connectivity index (χ4v) is 3.74. The Labute approximate surface area is 183 Å². The summed E-state index contributed by atoms with van der Waals surface area (Å²) in [5, 5.41) is 3.04. The monoisotopic (exact) mass is 422 g/mol. The Bertz CT molecular complexity index is 915. The number of hydrogen-bond acceptors (Lipinski definition) is 4. The zero-order valence-corrected chi connectivity index (χ0v) is 18.2. The van der Waals surface area contributed by atoms with E-state index in [2.05, 4.69) is 36.5 Å². The van der Waals surface area contributed by atoms with Gasteiger partial charge in [-0.1, -0.05) is 35.9 Å². The number of hydrogen-bond donors (Lipinski definition) is 1. The fourth-order valence-electron chi connectivity index (χ4n) is 3.74. The summed E-state index contributed by atoms with van der Waals surface area (Å²) in [4.78, 5) is 37.9. The third-order valence-electron chi connectivity index (χ3n) is 5.59. The molecule has 0 radical (unpaired) electrons. The van der Waals surface area contributed by atoms with Crippen molar-refractivity contribution in [1.82, 2.24) is 10.2 Å². The summed E-state index contributed by atoms with van der Waals surface area (Å²) >= 11 is 0. The zero-order valence-electron chi connectivity index (χ0n) is 18.2. The summed E-state index contributed by atoms with van der Waals surface area (Å²) in [5.74, 6) is 0.351. The number of benzene rings is 2. The number of piperidine rings is 1. The van der Waals surface area contributed by atoms with Gasteiger partial charge in [-0.3, -0.25) is 14.4 Å². The van der Waals surface area contributed by atoms with Crippen LogP contribution in [0.1, 0.15) is 47.7 Å². The van der Waals surface area contributed by atoms with Crippen LogP contribution in [-0.4, -0.2) is 42.3 Å². The van der Waals surface area contributed by atoms with E-state index in [1.54, 1.807) is 24.3 Å². The van der Waals surface area contributed by atoms with E-state index in [-0.39, 0.29) is 11.8 Å². The minimum absolute atomic E-state index is 0.0606. The number of amides is 2. The number of esters is 1. The second kappa shape index (κ2) is 10.8. The van der Waals surface area contributed by atoms with Crippen LogP contribution in [0.3, 0.4) is 0 Å². The normalized spacial score (nSPS) is 14.2. The van der Waals surface area contributed by atoms with E-state index in [4.69, 9.17) is 4.74 Å². The van der Waals surface area contributed by atoms with Crippen molar-refractivity contribution in [3.63, 3.8) is 0 Å². The maximum Gasteiger partial charge on any atom is 0.308 e.